The molecule has 0 aliphatic carbocycles. The Kier molecular flexibility index (Phi) is 4.02. The van der Waals surface area contributed by atoms with Gasteiger partial charge in [0.05, 0.1) is 26.3 Å². The highest BCUT2D eigenvalue weighted by Crippen LogP contribution is 2.46. The third-order valence-electron chi connectivity index (χ3n) is 4.77. The van der Waals surface area contributed by atoms with E-state index in [-0.39, 0.29) is 0 Å². The summed E-state index contributed by atoms with van der Waals surface area (Å²) >= 11 is 0. The van der Waals surface area contributed by atoms with Gasteiger partial charge < -0.3 is 0 Å². The van der Waals surface area contributed by atoms with E-state index >= 15 is 0 Å². The van der Waals surface area contributed by atoms with Crippen LogP contribution in [0.1, 0.15) is 5.56 Å². The first kappa shape index (κ1) is 16.8. The lowest BCUT2D eigenvalue weighted by molar-refractivity contribution is 0.681. The third-order valence-corrected chi connectivity index (χ3v) is 6.19. The molecule has 3 heterocycles. The van der Waals surface area contributed by atoms with Crippen LogP contribution in [-0.2, 0) is 10.8 Å². The predicted molar refractivity (Wildman–Crippen MR) is 112 cm³/mol. The summed E-state index contributed by atoms with van der Waals surface area (Å²) in [4.78, 5) is 12.7. The second kappa shape index (κ2) is 6.69. The molecule has 0 fully saturated rings. The highest BCUT2D eigenvalue weighted by atomic mass is 32.2. The summed E-state index contributed by atoms with van der Waals surface area (Å²) in [6, 6.07) is 24.1. The number of para-hydroxylation sites is 1. The number of rotatable bonds is 2. The summed E-state index contributed by atoms with van der Waals surface area (Å²) in [5, 5.41) is 0. The minimum absolute atomic E-state index is 0.660. The maximum absolute atomic E-state index is 13.2. The lowest BCUT2D eigenvalue weighted by atomic mass is 10.0. The summed E-state index contributed by atoms with van der Waals surface area (Å²) in [6.07, 6.45) is 3.54. The molecule has 0 saturated heterocycles. The van der Waals surface area contributed by atoms with Gasteiger partial charge in [-0.15, -0.1) is 0 Å². The highest BCUT2D eigenvalue weighted by Gasteiger charge is 2.32. The number of aromatic nitrogens is 2. The van der Waals surface area contributed by atoms with E-state index in [0.29, 0.717) is 21.4 Å². The van der Waals surface area contributed by atoms with Gasteiger partial charge in [0, 0.05) is 18.0 Å². The number of anilines is 3. The number of aryl methyl sites for hydroxylation is 1. The van der Waals surface area contributed by atoms with Gasteiger partial charge in [0.15, 0.2) is 11.6 Å². The first-order valence-corrected chi connectivity index (χ1v) is 10.2. The fourth-order valence-electron chi connectivity index (χ4n) is 3.51. The zero-order valence-corrected chi connectivity index (χ0v) is 16.1. The summed E-state index contributed by atoms with van der Waals surface area (Å²) in [6.45, 7) is 1.96. The van der Waals surface area contributed by atoms with E-state index in [4.69, 9.17) is 0 Å². The van der Waals surface area contributed by atoms with Crippen molar-refractivity contribution in [2.45, 2.75) is 16.7 Å². The van der Waals surface area contributed by atoms with Crippen LogP contribution in [0.3, 0.4) is 0 Å². The normalized spacial score (nSPS) is 15.0. The van der Waals surface area contributed by atoms with E-state index in [0.717, 1.165) is 22.4 Å². The molecule has 1 atom stereocenters. The SMILES string of the molecule is Cc1cnc2c(c1)S(=O)c1cccnc1N2c1ccccc1-c1ccccc1. The lowest BCUT2D eigenvalue weighted by Gasteiger charge is -2.31. The summed E-state index contributed by atoms with van der Waals surface area (Å²) in [5.74, 6) is 1.33. The Hall–Kier alpha value is -3.31. The van der Waals surface area contributed by atoms with Gasteiger partial charge in [0.2, 0.25) is 0 Å². The molecule has 0 amide bonds. The van der Waals surface area contributed by atoms with Crippen molar-refractivity contribution in [1.29, 1.82) is 0 Å². The topological polar surface area (TPSA) is 46.1 Å². The smallest absolute Gasteiger partial charge is 0.155 e. The van der Waals surface area contributed by atoms with Gasteiger partial charge in [-0.1, -0.05) is 48.5 Å². The summed E-state index contributed by atoms with van der Waals surface area (Å²) in [7, 11) is -1.31. The van der Waals surface area contributed by atoms with Crippen LogP contribution in [0.25, 0.3) is 11.1 Å². The van der Waals surface area contributed by atoms with Crippen LogP contribution in [0, 0.1) is 6.92 Å². The summed E-state index contributed by atoms with van der Waals surface area (Å²) < 4.78 is 13.2. The molecular formula is C23H17N3OS. The number of benzene rings is 2. The molecule has 1 aliphatic heterocycles. The maximum atomic E-state index is 13.2. The molecule has 0 N–H and O–H groups in total. The lowest BCUT2D eigenvalue weighted by Crippen LogP contribution is -2.22. The van der Waals surface area contributed by atoms with E-state index in [9.17, 15) is 4.21 Å². The van der Waals surface area contributed by atoms with E-state index < -0.39 is 10.8 Å². The van der Waals surface area contributed by atoms with Crippen LogP contribution in [0.15, 0.2) is 95.0 Å². The Balaban J connectivity index is 1.81. The van der Waals surface area contributed by atoms with Crippen molar-refractivity contribution in [2.24, 2.45) is 0 Å². The minimum atomic E-state index is -1.31. The molecule has 2 aromatic heterocycles. The minimum Gasteiger partial charge on any atom is -0.276 e. The van der Waals surface area contributed by atoms with Gasteiger partial charge in [-0.3, -0.25) is 4.90 Å². The van der Waals surface area contributed by atoms with Crippen molar-refractivity contribution >= 4 is 28.1 Å². The summed E-state index contributed by atoms with van der Waals surface area (Å²) in [5.41, 5.74) is 4.12. The average Bonchev–Trinajstić information content (AvgIpc) is 2.75. The first-order valence-electron chi connectivity index (χ1n) is 9.02. The van der Waals surface area contributed by atoms with Crippen molar-refractivity contribution in [3.8, 4) is 11.1 Å². The Bertz CT molecular complexity index is 1210. The Morgan fingerprint density at radius 2 is 1.57 bits per heavy atom. The maximum Gasteiger partial charge on any atom is 0.155 e. The third kappa shape index (κ3) is 2.63. The Labute approximate surface area is 166 Å². The molecule has 1 unspecified atom stereocenters. The van der Waals surface area contributed by atoms with E-state index in [1.54, 1.807) is 6.20 Å². The molecule has 0 saturated carbocycles. The average molecular weight is 383 g/mol. The van der Waals surface area contributed by atoms with Gasteiger partial charge in [0.25, 0.3) is 0 Å². The van der Waals surface area contributed by atoms with Crippen molar-refractivity contribution in [2.75, 3.05) is 4.90 Å². The fourth-order valence-corrected chi connectivity index (χ4v) is 4.86. The standard InChI is InChI=1S/C23H17N3OS/c1-16-14-21-23(25-15-16)26(22-20(28(21)27)12-7-13-24-22)19-11-6-5-10-18(19)17-8-3-2-4-9-17/h2-15H,1H3. The molecule has 5 heteroatoms. The molecule has 0 spiro atoms. The molecule has 2 aromatic carbocycles. The molecule has 5 rings (SSSR count). The quantitative estimate of drug-likeness (QED) is 0.409. The van der Waals surface area contributed by atoms with Crippen molar-refractivity contribution in [3.05, 3.63) is 90.8 Å². The van der Waals surface area contributed by atoms with Crippen molar-refractivity contribution in [3.63, 3.8) is 0 Å². The highest BCUT2D eigenvalue weighted by molar-refractivity contribution is 7.85. The predicted octanol–water partition coefficient (Wildman–Crippen LogP) is 5.40. The molecule has 28 heavy (non-hydrogen) atoms. The second-order valence-corrected chi connectivity index (χ2v) is 8.06. The van der Waals surface area contributed by atoms with Crippen LogP contribution >= 0.6 is 0 Å². The van der Waals surface area contributed by atoms with Gasteiger partial charge in [-0.05, 0) is 42.3 Å². The van der Waals surface area contributed by atoms with Gasteiger partial charge in [-0.2, -0.15) is 0 Å². The number of nitrogens with zero attached hydrogens (tertiary/aromatic N) is 3. The molecule has 0 radical (unpaired) electrons. The van der Waals surface area contributed by atoms with Crippen LogP contribution in [0.4, 0.5) is 17.3 Å². The van der Waals surface area contributed by atoms with Crippen LogP contribution < -0.4 is 4.90 Å². The van der Waals surface area contributed by atoms with E-state index in [1.165, 1.54) is 0 Å². The Morgan fingerprint density at radius 1 is 0.821 bits per heavy atom. The van der Waals surface area contributed by atoms with Crippen LogP contribution in [-0.4, -0.2) is 14.2 Å². The molecular weight excluding hydrogens is 366 g/mol. The van der Waals surface area contributed by atoms with Crippen molar-refractivity contribution in [1.82, 2.24) is 9.97 Å². The Morgan fingerprint density at radius 3 is 2.43 bits per heavy atom. The van der Waals surface area contributed by atoms with Crippen LogP contribution in [0.2, 0.25) is 0 Å². The van der Waals surface area contributed by atoms with Crippen LogP contribution in [0.5, 0.6) is 0 Å². The zero-order valence-electron chi connectivity index (χ0n) is 15.2. The number of hydrogen-bond donors (Lipinski definition) is 0. The zero-order chi connectivity index (χ0) is 19.1. The number of fused-ring (bicyclic) bond motifs is 2. The number of hydrogen-bond acceptors (Lipinski definition) is 4. The molecule has 0 bridgehead atoms. The van der Waals surface area contributed by atoms with Gasteiger partial charge >= 0.3 is 0 Å². The monoisotopic (exact) mass is 383 g/mol. The van der Waals surface area contributed by atoms with E-state index in [1.807, 2.05) is 66.6 Å². The van der Waals surface area contributed by atoms with Gasteiger partial charge in [-0.25, -0.2) is 14.2 Å². The molecule has 136 valence electrons. The van der Waals surface area contributed by atoms with Gasteiger partial charge in [0.1, 0.15) is 0 Å². The number of pyridine rings is 2. The molecule has 1 aliphatic rings. The second-order valence-electron chi connectivity index (χ2n) is 6.65. The fraction of sp³-hybridized carbons (Fsp3) is 0.0435. The largest absolute Gasteiger partial charge is 0.276 e. The van der Waals surface area contributed by atoms with E-state index in [2.05, 4.69) is 34.2 Å². The molecule has 4 nitrogen and oxygen atoms in total. The molecule has 4 aromatic rings. The first-order chi connectivity index (χ1) is 13.7. The van der Waals surface area contributed by atoms with Crippen molar-refractivity contribution < 1.29 is 4.21 Å².